The zero-order chi connectivity index (χ0) is 20.5. The van der Waals surface area contributed by atoms with Crippen molar-refractivity contribution in [2.24, 2.45) is 4.99 Å². The van der Waals surface area contributed by atoms with Gasteiger partial charge >= 0.3 is 0 Å². The van der Waals surface area contributed by atoms with Gasteiger partial charge in [0.15, 0.2) is 5.96 Å². The van der Waals surface area contributed by atoms with Crippen LogP contribution in [0.4, 0.5) is 0 Å². The molecule has 1 aromatic carbocycles. The fraction of sp³-hybridized carbons (Fsp3) is 0.524. The first-order chi connectivity index (χ1) is 14.2. The molecule has 1 saturated heterocycles. The summed E-state index contributed by atoms with van der Waals surface area (Å²) in [5.74, 6) is 2.02. The highest BCUT2D eigenvalue weighted by Gasteiger charge is 2.20. The molecule has 0 bridgehead atoms. The van der Waals surface area contributed by atoms with E-state index >= 15 is 0 Å². The zero-order valence-corrected chi connectivity index (χ0v) is 17.4. The van der Waals surface area contributed by atoms with E-state index in [1.54, 1.807) is 6.33 Å². The van der Waals surface area contributed by atoms with Gasteiger partial charge in [-0.3, -0.25) is 4.79 Å². The third-order valence-corrected chi connectivity index (χ3v) is 5.06. The summed E-state index contributed by atoms with van der Waals surface area (Å²) >= 11 is 0. The summed E-state index contributed by atoms with van der Waals surface area (Å²) in [6.45, 7) is 8.54. The van der Waals surface area contributed by atoms with Crippen LogP contribution in [0.3, 0.4) is 0 Å². The predicted octanol–water partition coefficient (Wildman–Crippen LogP) is 1.72. The van der Waals surface area contributed by atoms with Crippen LogP contribution in [-0.4, -0.2) is 51.2 Å². The van der Waals surface area contributed by atoms with E-state index in [2.05, 4.69) is 51.4 Å². The summed E-state index contributed by atoms with van der Waals surface area (Å²) in [5, 5.41) is 14.8. The first-order valence-electron chi connectivity index (χ1n) is 10.4. The Bertz CT molecular complexity index is 830. The van der Waals surface area contributed by atoms with E-state index in [0.717, 1.165) is 56.4 Å². The van der Waals surface area contributed by atoms with Crippen molar-refractivity contribution in [1.29, 1.82) is 0 Å². The Balaban J connectivity index is 1.60. The van der Waals surface area contributed by atoms with Gasteiger partial charge in [0.25, 0.3) is 0 Å². The number of nitrogens with zero attached hydrogens (tertiary/aromatic N) is 5. The van der Waals surface area contributed by atoms with Crippen molar-refractivity contribution in [2.75, 3.05) is 19.6 Å². The third kappa shape index (κ3) is 5.79. The predicted molar refractivity (Wildman–Crippen MR) is 113 cm³/mol. The number of aliphatic imine (C=N–C) groups is 1. The molecule has 1 aromatic heterocycles. The van der Waals surface area contributed by atoms with Crippen molar-refractivity contribution < 1.29 is 4.79 Å². The number of hydrogen-bond acceptors (Lipinski definition) is 4. The number of carbonyl (C=O) groups excluding carboxylic acids is 1. The summed E-state index contributed by atoms with van der Waals surface area (Å²) < 4.78 is 2.05. The number of benzene rings is 1. The molecule has 2 aromatic rings. The van der Waals surface area contributed by atoms with Crippen LogP contribution in [0.15, 0.2) is 35.6 Å². The number of guanidine groups is 1. The lowest BCUT2D eigenvalue weighted by molar-refractivity contribution is -0.128. The molecule has 0 atom stereocenters. The maximum Gasteiger partial charge on any atom is 0.222 e. The Hall–Kier alpha value is -2.90. The van der Waals surface area contributed by atoms with Crippen LogP contribution in [0.2, 0.25) is 0 Å². The first kappa shape index (κ1) is 20.8. The standard InChI is InChI=1S/C21H31N7O/c1-3-19-26-25-16-28(19)13-11-23-21(22-4-2)24-14-17-8-5-6-9-18(17)15-27-12-7-10-20(27)29/h5-6,8-9,16H,3-4,7,10-15H2,1-2H3,(H2,22,23,24). The van der Waals surface area contributed by atoms with Gasteiger partial charge in [0, 0.05) is 45.6 Å². The van der Waals surface area contributed by atoms with Crippen molar-refractivity contribution >= 4 is 11.9 Å². The van der Waals surface area contributed by atoms with Gasteiger partial charge in [0.1, 0.15) is 12.2 Å². The van der Waals surface area contributed by atoms with Crippen molar-refractivity contribution in [1.82, 2.24) is 30.3 Å². The summed E-state index contributed by atoms with van der Waals surface area (Å²) in [6, 6.07) is 8.23. The Labute approximate surface area is 172 Å². The minimum absolute atomic E-state index is 0.249. The highest BCUT2D eigenvalue weighted by atomic mass is 16.2. The minimum atomic E-state index is 0.249. The molecule has 0 aliphatic carbocycles. The first-order valence-corrected chi connectivity index (χ1v) is 10.4. The summed E-state index contributed by atoms with van der Waals surface area (Å²) in [6.07, 6.45) is 4.26. The molecule has 1 aliphatic heterocycles. The average molecular weight is 398 g/mol. The number of hydrogen-bond donors (Lipinski definition) is 2. The second kappa shape index (κ2) is 10.6. The van der Waals surface area contributed by atoms with Gasteiger partial charge in [-0.15, -0.1) is 10.2 Å². The summed E-state index contributed by atoms with van der Waals surface area (Å²) in [7, 11) is 0. The molecule has 1 amide bonds. The van der Waals surface area contributed by atoms with Crippen molar-refractivity contribution in [3.8, 4) is 0 Å². The second-order valence-electron chi connectivity index (χ2n) is 7.10. The Morgan fingerprint density at radius 2 is 2.03 bits per heavy atom. The quantitative estimate of drug-likeness (QED) is 0.497. The molecule has 0 unspecified atom stereocenters. The van der Waals surface area contributed by atoms with Gasteiger partial charge in [-0.05, 0) is 24.5 Å². The molecule has 0 radical (unpaired) electrons. The average Bonchev–Trinajstić information content (AvgIpc) is 3.35. The lowest BCUT2D eigenvalue weighted by Crippen LogP contribution is -2.39. The number of likely N-dealkylation sites (tertiary alicyclic amines) is 1. The number of aromatic nitrogens is 3. The number of amides is 1. The molecule has 3 rings (SSSR count). The summed E-state index contributed by atoms with van der Waals surface area (Å²) in [5.41, 5.74) is 2.32. The molecule has 0 saturated carbocycles. The van der Waals surface area contributed by atoms with Crippen molar-refractivity contribution in [3.63, 3.8) is 0 Å². The Morgan fingerprint density at radius 1 is 1.21 bits per heavy atom. The fourth-order valence-electron chi connectivity index (χ4n) is 3.48. The van der Waals surface area contributed by atoms with Gasteiger partial charge in [-0.2, -0.15) is 0 Å². The number of rotatable bonds is 9. The lowest BCUT2D eigenvalue weighted by Gasteiger charge is -2.18. The normalized spacial score (nSPS) is 14.5. The lowest BCUT2D eigenvalue weighted by atomic mass is 10.1. The highest BCUT2D eigenvalue weighted by molar-refractivity contribution is 5.79. The fourth-order valence-corrected chi connectivity index (χ4v) is 3.48. The van der Waals surface area contributed by atoms with Gasteiger partial charge in [-0.1, -0.05) is 31.2 Å². The largest absolute Gasteiger partial charge is 0.357 e. The van der Waals surface area contributed by atoms with Gasteiger partial charge in [0.05, 0.1) is 6.54 Å². The molecule has 8 heteroatoms. The van der Waals surface area contributed by atoms with Crippen LogP contribution < -0.4 is 10.6 Å². The minimum Gasteiger partial charge on any atom is -0.357 e. The van der Waals surface area contributed by atoms with E-state index in [4.69, 9.17) is 4.99 Å². The molecule has 1 aliphatic rings. The smallest absolute Gasteiger partial charge is 0.222 e. The molecule has 29 heavy (non-hydrogen) atoms. The van der Waals surface area contributed by atoms with Crippen LogP contribution in [0, 0.1) is 0 Å². The van der Waals surface area contributed by atoms with Gasteiger partial charge in [-0.25, -0.2) is 4.99 Å². The molecular formula is C21H31N7O. The van der Waals surface area contributed by atoms with E-state index in [-0.39, 0.29) is 5.91 Å². The van der Waals surface area contributed by atoms with Crippen molar-refractivity contribution in [3.05, 3.63) is 47.5 Å². The van der Waals surface area contributed by atoms with Crippen molar-refractivity contribution in [2.45, 2.75) is 52.7 Å². The molecule has 2 N–H and O–H groups in total. The SMILES string of the molecule is CCNC(=NCc1ccccc1CN1CCCC1=O)NCCn1cnnc1CC. The molecule has 156 valence electrons. The molecule has 0 spiro atoms. The maximum absolute atomic E-state index is 12.0. The van der Waals surface area contributed by atoms with Gasteiger partial charge in [0.2, 0.25) is 5.91 Å². The van der Waals surface area contributed by atoms with E-state index in [0.29, 0.717) is 19.5 Å². The second-order valence-corrected chi connectivity index (χ2v) is 7.10. The van der Waals surface area contributed by atoms with E-state index in [1.807, 2.05) is 17.0 Å². The number of aryl methyl sites for hydroxylation is 1. The van der Waals surface area contributed by atoms with E-state index in [1.165, 1.54) is 5.56 Å². The van der Waals surface area contributed by atoms with E-state index < -0.39 is 0 Å². The molecule has 8 nitrogen and oxygen atoms in total. The Kier molecular flexibility index (Phi) is 7.61. The Morgan fingerprint density at radius 3 is 2.76 bits per heavy atom. The topological polar surface area (TPSA) is 87.4 Å². The van der Waals surface area contributed by atoms with Crippen LogP contribution in [0.1, 0.15) is 43.6 Å². The summed E-state index contributed by atoms with van der Waals surface area (Å²) in [4.78, 5) is 18.7. The van der Waals surface area contributed by atoms with Crippen LogP contribution in [-0.2, 0) is 30.8 Å². The van der Waals surface area contributed by atoms with Crippen LogP contribution in [0.25, 0.3) is 0 Å². The third-order valence-electron chi connectivity index (χ3n) is 5.06. The van der Waals surface area contributed by atoms with Crippen LogP contribution in [0.5, 0.6) is 0 Å². The zero-order valence-electron chi connectivity index (χ0n) is 17.4. The molecule has 2 heterocycles. The maximum atomic E-state index is 12.0. The van der Waals surface area contributed by atoms with Crippen LogP contribution >= 0.6 is 0 Å². The molecular weight excluding hydrogens is 366 g/mol. The monoisotopic (exact) mass is 397 g/mol. The molecule has 1 fully saturated rings. The number of carbonyl (C=O) groups is 1. The highest BCUT2D eigenvalue weighted by Crippen LogP contribution is 2.17. The van der Waals surface area contributed by atoms with E-state index in [9.17, 15) is 4.79 Å². The van der Waals surface area contributed by atoms with Gasteiger partial charge < -0.3 is 20.1 Å². The number of nitrogens with one attached hydrogen (secondary N) is 2.